The zero-order chi connectivity index (χ0) is 15.6. The molecular weight excluding hydrogens is 293 g/mol. The number of hydrogen-bond acceptors (Lipinski definition) is 2. The van der Waals surface area contributed by atoms with Gasteiger partial charge in [0.1, 0.15) is 11.5 Å². The average Bonchev–Trinajstić information content (AvgIpc) is 2.41. The fourth-order valence-corrected chi connectivity index (χ4v) is 1.76. The van der Waals surface area contributed by atoms with Gasteiger partial charge in [-0.3, -0.25) is 0 Å². The number of hydrogen-bond donors (Lipinski definition) is 1. The monoisotopic (exact) mass is 303 g/mol. The molecule has 0 bridgehead atoms. The summed E-state index contributed by atoms with van der Waals surface area (Å²) in [7, 11) is 0. The molecule has 0 unspecified atom stereocenters. The molecule has 0 radical (unpaired) electrons. The van der Waals surface area contributed by atoms with E-state index in [1.165, 1.54) is 0 Å². The quantitative estimate of drug-likeness (QED) is 0.861. The van der Waals surface area contributed by atoms with Crippen LogP contribution >= 0.6 is 0 Å². The van der Waals surface area contributed by atoms with Crippen LogP contribution in [0.25, 0.3) is 0 Å². The lowest BCUT2D eigenvalue weighted by molar-refractivity contribution is -0.138. The van der Waals surface area contributed by atoms with Crippen LogP contribution in [0.5, 0.6) is 11.5 Å². The Bertz CT molecular complexity index is 654. The third-order valence-corrected chi connectivity index (χ3v) is 2.73. The molecule has 0 fully saturated rings. The molecule has 112 valence electrons. The summed E-state index contributed by atoms with van der Waals surface area (Å²) in [6, 6.07) is 5.86. The Labute approximate surface area is 116 Å². The molecule has 2 rings (SSSR count). The van der Waals surface area contributed by atoms with Gasteiger partial charge in [-0.2, -0.15) is 13.2 Å². The molecule has 0 aromatic heterocycles. The standard InChI is InChI=1S/C14H10F5NO/c15-12-4-2-10(6-13(12)16)21-9-1-3-11(14(17,18)19)8(5-9)7-20/h1-6H,7,20H2. The van der Waals surface area contributed by atoms with E-state index in [-0.39, 0.29) is 23.6 Å². The molecule has 2 N–H and O–H groups in total. The topological polar surface area (TPSA) is 35.2 Å². The number of ether oxygens (including phenoxy) is 1. The Hall–Kier alpha value is -2.15. The van der Waals surface area contributed by atoms with Crippen LogP contribution in [0.1, 0.15) is 11.1 Å². The fourth-order valence-electron chi connectivity index (χ4n) is 1.76. The van der Waals surface area contributed by atoms with Crippen LogP contribution in [0, 0.1) is 11.6 Å². The second-order valence-electron chi connectivity index (χ2n) is 4.20. The van der Waals surface area contributed by atoms with Gasteiger partial charge in [-0.1, -0.05) is 0 Å². The van der Waals surface area contributed by atoms with E-state index in [1.807, 2.05) is 0 Å². The van der Waals surface area contributed by atoms with Crippen molar-refractivity contribution >= 4 is 0 Å². The number of benzene rings is 2. The minimum Gasteiger partial charge on any atom is -0.457 e. The molecule has 7 heteroatoms. The second kappa shape index (κ2) is 5.69. The van der Waals surface area contributed by atoms with Gasteiger partial charge in [0.05, 0.1) is 5.56 Å². The van der Waals surface area contributed by atoms with E-state index in [4.69, 9.17) is 10.5 Å². The van der Waals surface area contributed by atoms with Gasteiger partial charge >= 0.3 is 6.18 Å². The molecule has 0 amide bonds. The Kier molecular flexibility index (Phi) is 4.13. The van der Waals surface area contributed by atoms with Crippen LogP contribution in [-0.4, -0.2) is 0 Å². The highest BCUT2D eigenvalue weighted by molar-refractivity contribution is 5.39. The Morgan fingerprint density at radius 1 is 0.905 bits per heavy atom. The van der Waals surface area contributed by atoms with E-state index in [1.54, 1.807) is 0 Å². The summed E-state index contributed by atoms with van der Waals surface area (Å²) in [6.45, 7) is -0.330. The van der Waals surface area contributed by atoms with Gasteiger partial charge in [0.15, 0.2) is 11.6 Å². The van der Waals surface area contributed by atoms with Crippen molar-refractivity contribution < 1.29 is 26.7 Å². The first-order chi connectivity index (χ1) is 9.81. The van der Waals surface area contributed by atoms with Crippen molar-refractivity contribution in [3.8, 4) is 11.5 Å². The highest BCUT2D eigenvalue weighted by Crippen LogP contribution is 2.34. The number of rotatable bonds is 3. The van der Waals surface area contributed by atoms with Crippen molar-refractivity contribution in [1.29, 1.82) is 0 Å². The first-order valence-electron chi connectivity index (χ1n) is 5.84. The van der Waals surface area contributed by atoms with Crippen molar-refractivity contribution in [3.63, 3.8) is 0 Å². The lowest BCUT2D eigenvalue weighted by atomic mass is 10.1. The zero-order valence-corrected chi connectivity index (χ0v) is 10.5. The van der Waals surface area contributed by atoms with Crippen LogP contribution in [0.15, 0.2) is 36.4 Å². The molecule has 0 aliphatic carbocycles. The molecule has 0 aliphatic heterocycles. The minimum atomic E-state index is -4.52. The molecule has 2 aromatic rings. The normalized spacial score (nSPS) is 11.5. The second-order valence-corrected chi connectivity index (χ2v) is 4.20. The first-order valence-corrected chi connectivity index (χ1v) is 5.84. The van der Waals surface area contributed by atoms with E-state index in [9.17, 15) is 22.0 Å². The van der Waals surface area contributed by atoms with Gasteiger partial charge in [0, 0.05) is 12.6 Å². The summed E-state index contributed by atoms with van der Waals surface area (Å²) in [5.74, 6) is -2.14. The molecule has 0 spiro atoms. The van der Waals surface area contributed by atoms with Gasteiger partial charge in [-0.05, 0) is 35.9 Å². The highest BCUT2D eigenvalue weighted by atomic mass is 19.4. The number of alkyl halides is 3. The summed E-state index contributed by atoms with van der Waals surface area (Å²) < 4.78 is 69.1. The van der Waals surface area contributed by atoms with Crippen molar-refractivity contribution in [1.82, 2.24) is 0 Å². The van der Waals surface area contributed by atoms with Gasteiger partial charge in [0.25, 0.3) is 0 Å². The van der Waals surface area contributed by atoms with E-state index < -0.39 is 23.4 Å². The molecule has 0 aliphatic rings. The summed E-state index contributed by atoms with van der Waals surface area (Å²) in [6.07, 6.45) is -4.52. The van der Waals surface area contributed by atoms with Crippen LogP contribution in [0.4, 0.5) is 22.0 Å². The van der Waals surface area contributed by atoms with Gasteiger partial charge < -0.3 is 10.5 Å². The summed E-state index contributed by atoms with van der Waals surface area (Å²) in [4.78, 5) is 0. The van der Waals surface area contributed by atoms with Crippen molar-refractivity contribution in [2.45, 2.75) is 12.7 Å². The summed E-state index contributed by atoms with van der Waals surface area (Å²) >= 11 is 0. The molecule has 0 saturated carbocycles. The lowest BCUT2D eigenvalue weighted by Gasteiger charge is -2.13. The fraction of sp³-hybridized carbons (Fsp3) is 0.143. The Morgan fingerprint density at radius 3 is 2.10 bits per heavy atom. The first kappa shape index (κ1) is 15.2. The third-order valence-electron chi connectivity index (χ3n) is 2.73. The molecule has 21 heavy (non-hydrogen) atoms. The maximum atomic E-state index is 13.0. The smallest absolute Gasteiger partial charge is 0.416 e. The van der Waals surface area contributed by atoms with E-state index in [0.29, 0.717) is 0 Å². The molecule has 2 aromatic carbocycles. The van der Waals surface area contributed by atoms with Crippen LogP contribution in [-0.2, 0) is 12.7 Å². The number of halogens is 5. The minimum absolute atomic E-state index is 0.0309. The largest absolute Gasteiger partial charge is 0.457 e. The van der Waals surface area contributed by atoms with Crippen LogP contribution in [0.2, 0.25) is 0 Å². The van der Waals surface area contributed by atoms with Crippen LogP contribution < -0.4 is 10.5 Å². The molecule has 2 nitrogen and oxygen atoms in total. The average molecular weight is 303 g/mol. The Morgan fingerprint density at radius 2 is 1.52 bits per heavy atom. The van der Waals surface area contributed by atoms with E-state index in [0.717, 1.165) is 36.4 Å². The predicted molar refractivity (Wildman–Crippen MR) is 65.8 cm³/mol. The third kappa shape index (κ3) is 3.49. The van der Waals surface area contributed by atoms with Crippen LogP contribution in [0.3, 0.4) is 0 Å². The van der Waals surface area contributed by atoms with Crippen molar-refractivity contribution in [2.24, 2.45) is 5.73 Å². The Balaban J connectivity index is 2.31. The van der Waals surface area contributed by atoms with Crippen molar-refractivity contribution in [3.05, 3.63) is 59.2 Å². The predicted octanol–water partition coefficient (Wildman–Crippen LogP) is 4.23. The maximum Gasteiger partial charge on any atom is 0.416 e. The van der Waals surface area contributed by atoms with Gasteiger partial charge in [-0.25, -0.2) is 8.78 Å². The van der Waals surface area contributed by atoms with Gasteiger partial charge in [0.2, 0.25) is 0 Å². The molecule has 0 saturated heterocycles. The summed E-state index contributed by atoms with van der Waals surface area (Å²) in [5.41, 5.74) is 4.28. The van der Waals surface area contributed by atoms with Crippen molar-refractivity contribution in [2.75, 3.05) is 0 Å². The van der Waals surface area contributed by atoms with E-state index in [2.05, 4.69) is 0 Å². The summed E-state index contributed by atoms with van der Waals surface area (Å²) in [5, 5.41) is 0. The molecule has 0 atom stereocenters. The highest BCUT2D eigenvalue weighted by Gasteiger charge is 2.33. The lowest BCUT2D eigenvalue weighted by Crippen LogP contribution is -2.11. The molecular formula is C14H10F5NO. The van der Waals surface area contributed by atoms with Gasteiger partial charge in [-0.15, -0.1) is 0 Å². The number of nitrogens with two attached hydrogens (primary N) is 1. The SMILES string of the molecule is NCc1cc(Oc2ccc(F)c(F)c2)ccc1C(F)(F)F. The molecule has 0 heterocycles. The maximum absolute atomic E-state index is 13.0. The zero-order valence-electron chi connectivity index (χ0n) is 10.5. The van der Waals surface area contributed by atoms with E-state index >= 15 is 0 Å².